The second-order valence-corrected chi connectivity index (χ2v) is 8.72. The summed E-state index contributed by atoms with van der Waals surface area (Å²) in [4.78, 5) is 21.0. The molecule has 0 atom stereocenters. The molecule has 31 heavy (non-hydrogen) atoms. The lowest BCUT2D eigenvalue weighted by Gasteiger charge is -2.28. The molecule has 0 spiro atoms. The Balaban J connectivity index is 1.54. The van der Waals surface area contributed by atoms with Crippen LogP contribution in [0, 0.1) is 5.82 Å². The highest BCUT2D eigenvalue weighted by Crippen LogP contribution is 2.13. The first-order valence-electron chi connectivity index (χ1n) is 12.6. The SMILES string of the molecule is CCCCCCCCC=CCCCCCCCc1nc(N2CCNCC2)[nH]c(=O)c1F. The van der Waals surface area contributed by atoms with E-state index in [9.17, 15) is 9.18 Å². The van der Waals surface area contributed by atoms with E-state index in [1.807, 2.05) is 4.90 Å². The van der Waals surface area contributed by atoms with Crippen LogP contribution in [0.2, 0.25) is 0 Å². The van der Waals surface area contributed by atoms with E-state index >= 15 is 0 Å². The minimum Gasteiger partial charge on any atom is -0.340 e. The van der Waals surface area contributed by atoms with E-state index < -0.39 is 11.4 Å². The molecule has 6 heteroatoms. The monoisotopic (exact) mass is 434 g/mol. The van der Waals surface area contributed by atoms with Gasteiger partial charge in [0.25, 0.3) is 5.56 Å². The summed E-state index contributed by atoms with van der Waals surface area (Å²) in [6.45, 7) is 5.52. The molecule has 1 aliphatic heterocycles. The molecule has 0 radical (unpaired) electrons. The Kier molecular flexibility index (Phi) is 13.2. The molecule has 0 saturated carbocycles. The summed E-state index contributed by atoms with van der Waals surface area (Å²) in [7, 11) is 0. The summed E-state index contributed by atoms with van der Waals surface area (Å²) in [5.74, 6) is -0.204. The fraction of sp³-hybridized carbons (Fsp3) is 0.760. The first kappa shape index (κ1) is 25.6. The van der Waals surface area contributed by atoms with Gasteiger partial charge in [-0.05, 0) is 38.5 Å². The number of piperazine rings is 1. The van der Waals surface area contributed by atoms with Crippen molar-refractivity contribution in [2.24, 2.45) is 0 Å². The molecular formula is C25H43FN4O. The fourth-order valence-corrected chi connectivity index (χ4v) is 4.05. The summed E-state index contributed by atoms with van der Waals surface area (Å²) in [5, 5.41) is 3.27. The van der Waals surface area contributed by atoms with E-state index in [2.05, 4.69) is 34.4 Å². The van der Waals surface area contributed by atoms with Gasteiger partial charge in [-0.2, -0.15) is 4.39 Å². The van der Waals surface area contributed by atoms with Gasteiger partial charge < -0.3 is 10.2 Å². The van der Waals surface area contributed by atoms with Crippen LogP contribution < -0.4 is 15.8 Å². The van der Waals surface area contributed by atoms with Crippen molar-refractivity contribution < 1.29 is 4.39 Å². The van der Waals surface area contributed by atoms with Gasteiger partial charge in [0.05, 0.1) is 5.69 Å². The summed E-state index contributed by atoms with van der Waals surface area (Å²) in [5.41, 5.74) is -0.332. The third kappa shape index (κ3) is 10.4. The molecule has 1 aliphatic rings. The third-order valence-electron chi connectivity index (χ3n) is 6.01. The van der Waals surface area contributed by atoms with E-state index in [4.69, 9.17) is 0 Å². The summed E-state index contributed by atoms with van der Waals surface area (Å²) < 4.78 is 14.2. The van der Waals surface area contributed by atoms with E-state index in [0.717, 1.165) is 51.9 Å². The highest BCUT2D eigenvalue weighted by molar-refractivity contribution is 5.31. The van der Waals surface area contributed by atoms with Crippen LogP contribution in [0.5, 0.6) is 0 Å². The summed E-state index contributed by atoms with van der Waals surface area (Å²) in [6.07, 6.45) is 21.3. The van der Waals surface area contributed by atoms with E-state index in [0.29, 0.717) is 18.1 Å². The summed E-state index contributed by atoms with van der Waals surface area (Å²) in [6, 6.07) is 0. The van der Waals surface area contributed by atoms with Crippen molar-refractivity contribution in [2.45, 2.75) is 96.8 Å². The molecule has 1 fully saturated rings. The molecule has 5 nitrogen and oxygen atoms in total. The van der Waals surface area contributed by atoms with Gasteiger partial charge >= 0.3 is 0 Å². The van der Waals surface area contributed by atoms with Crippen molar-refractivity contribution in [2.75, 3.05) is 31.1 Å². The number of unbranched alkanes of at least 4 members (excludes halogenated alkanes) is 11. The zero-order valence-electron chi connectivity index (χ0n) is 19.6. The Morgan fingerprint density at radius 3 is 2.13 bits per heavy atom. The number of H-pyrrole nitrogens is 1. The van der Waals surface area contributed by atoms with Crippen LogP contribution >= 0.6 is 0 Å². The minimum atomic E-state index is -0.714. The molecular weight excluding hydrogens is 391 g/mol. The van der Waals surface area contributed by atoms with Gasteiger partial charge in [-0.3, -0.25) is 9.78 Å². The maximum absolute atomic E-state index is 14.2. The van der Waals surface area contributed by atoms with Crippen LogP contribution in [0.15, 0.2) is 16.9 Å². The molecule has 0 unspecified atom stereocenters. The van der Waals surface area contributed by atoms with Crippen LogP contribution in [0.25, 0.3) is 0 Å². The van der Waals surface area contributed by atoms with Crippen LogP contribution in [-0.4, -0.2) is 36.1 Å². The van der Waals surface area contributed by atoms with Gasteiger partial charge in [0, 0.05) is 26.2 Å². The van der Waals surface area contributed by atoms with E-state index in [-0.39, 0.29) is 0 Å². The van der Waals surface area contributed by atoms with Crippen LogP contribution in [0.4, 0.5) is 10.3 Å². The zero-order valence-corrected chi connectivity index (χ0v) is 19.6. The molecule has 1 aromatic heterocycles. The highest BCUT2D eigenvalue weighted by Gasteiger charge is 2.17. The van der Waals surface area contributed by atoms with Gasteiger partial charge in [-0.25, -0.2) is 4.98 Å². The molecule has 176 valence electrons. The number of rotatable bonds is 16. The lowest BCUT2D eigenvalue weighted by atomic mass is 10.1. The molecule has 0 amide bonds. The Morgan fingerprint density at radius 2 is 1.48 bits per heavy atom. The predicted molar refractivity (Wildman–Crippen MR) is 128 cm³/mol. The maximum atomic E-state index is 14.2. The first-order valence-corrected chi connectivity index (χ1v) is 12.6. The Bertz CT molecular complexity index is 683. The van der Waals surface area contributed by atoms with Crippen molar-refractivity contribution in [3.63, 3.8) is 0 Å². The highest BCUT2D eigenvalue weighted by atomic mass is 19.1. The molecule has 2 rings (SSSR count). The van der Waals surface area contributed by atoms with Crippen molar-refractivity contribution in [1.82, 2.24) is 15.3 Å². The second-order valence-electron chi connectivity index (χ2n) is 8.72. The molecule has 2 N–H and O–H groups in total. The van der Waals surface area contributed by atoms with Crippen molar-refractivity contribution >= 4 is 5.95 Å². The molecule has 0 aromatic carbocycles. The first-order chi connectivity index (χ1) is 15.2. The van der Waals surface area contributed by atoms with E-state index in [1.54, 1.807) is 0 Å². The van der Waals surface area contributed by atoms with Gasteiger partial charge in [0.1, 0.15) is 0 Å². The number of aromatic nitrogens is 2. The van der Waals surface area contributed by atoms with Crippen LogP contribution in [-0.2, 0) is 6.42 Å². The average molecular weight is 435 g/mol. The summed E-state index contributed by atoms with van der Waals surface area (Å²) >= 11 is 0. The standard InChI is InChI=1S/C25H43FN4O/c1-2-3-4-5-6-7-8-9-10-11-12-13-14-15-16-17-22-23(26)24(31)29-25(28-22)30-20-18-27-19-21-30/h9-10,27H,2-8,11-21H2,1H3,(H,28,29,31). The second kappa shape index (κ2) is 16.0. The van der Waals surface area contributed by atoms with Crippen LogP contribution in [0.3, 0.4) is 0 Å². The average Bonchev–Trinajstić information content (AvgIpc) is 2.79. The molecule has 0 aliphatic carbocycles. The lowest BCUT2D eigenvalue weighted by Crippen LogP contribution is -2.45. The molecule has 0 bridgehead atoms. The number of hydrogen-bond donors (Lipinski definition) is 2. The number of aryl methyl sites for hydroxylation is 1. The number of anilines is 1. The number of nitrogens with one attached hydrogen (secondary N) is 2. The number of nitrogens with zero attached hydrogens (tertiary/aromatic N) is 2. The van der Waals surface area contributed by atoms with Crippen LogP contribution in [0.1, 0.15) is 96.1 Å². The third-order valence-corrected chi connectivity index (χ3v) is 6.01. The molecule has 2 heterocycles. The maximum Gasteiger partial charge on any atom is 0.288 e. The van der Waals surface area contributed by atoms with Gasteiger partial charge in [-0.1, -0.05) is 70.4 Å². The van der Waals surface area contributed by atoms with Gasteiger partial charge in [-0.15, -0.1) is 0 Å². The topological polar surface area (TPSA) is 61.0 Å². The number of aromatic amines is 1. The van der Waals surface area contributed by atoms with E-state index in [1.165, 1.54) is 57.8 Å². The lowest BCUT2D eigenvalue weighted by molar-refractivity contribution is 0.545. The van der Waals surface area contributed by atoms with Gasteiger partial charge in [0.15, 0.2) is 0 Å². The number of allylic oxidation sites excluding steroid dienone is 2. The Morgan fingerprint density at radius 1 is 0.903 bits per heavy atom. The van der Waals surface area contributed by atoms with Crippen molar-refractivity contribution in [3.05, 3.63) is 34.0 Å². The fourth-order valence-electron chi connectivity index (χ4n) is 4.05. The Hall–Kier alpha value is -1.69. The molecule has 1 saturated heterocycles. The number of halogens is 1. The quantitative estimate of drug-likeness (QED) is 0.266. The normalized spacial score (nSPS) is 14.6. The minimum absolute atomic E-state index is 0.315. The van der Waals surface area contributed by atoms with Gasteiger partial charge in [0.2, 0.25) is 11.8 Å². The zero-order chi connectivity index (χ0) is 22.2. The molecule has 1 aromatic rings. The van der Waals surface area contributed by atoms with Crippen molar-refractivity contribution in [1.29, 1.82) is 0 Å². The van der Waals surface area contributed by atoms with Crippen molar-refractivity contribution in [3.8, 4) is 0 Å². The predicted octanol–water partition coefficient (Wildman–Crippen LogP) is 5.51. The number of hydrogen-bond acceptors (Lipinski definition) is 4. The largest absolute Gasteiger partial charge is 0.340 e. The smallest absolute Gasteiger partial charge is 0.288 e. The Labute approximate surface area is 187 Å².